The lowest BCUT2D eigenvalue weighted by molar-refractivity contribution is 0.251. The normalized spacial score (nSPS) is 17.7. The molecule has 1 atom stereocenters. The molecule has 1 saturated heterocycles. The van der Waals surface area contributed by atoms with Crippen LogP contribution in [-0.2, 0) is 0 Å². The fourth-order valence-electron chi connectivity index (χ4n) is 2.91. The molecular weight excluding hydrogens is 302 g/mol. The molecular formula is C16H12F2N4O. The molecule has 1 aliphatic rings. The second-order valence-corrected chi connectivity index (χ2v) is 5.28. The van der Waals surface area contributed by atoms with E-state index in [9.17, 15) is 13.6 Å². The number of benzene rings is 1. The molecule has 1 fully saturated rings. The van der Waals surface area contributed by atoms with Gasteiger partial charge in [-0.1, -0.05) is 6.07 Å². The number of carbonyl (C=O) groups is 1. The van der Waals surface area contributed by atoms with Crippen molar-refractivity contribution < 1.29 is 13.6 Å². The largest absolute Gasteiger partial charge is 0.335 e. The van der Waals surface area contributed by atoms with Crippen molar-refractivity contribution in [1.82, 2.24) is 14.7 Å². The summed E-state index contributed by atoms with van der Waals surface area (Å²) >= 11 is 0. The van der Waals surface area contributed by atoms with E-state index in [1.165, 1.54) is 23.1 Å². The lowest BCUT2D eigenvalue weighted by Gasteiger charge is -2.24. The summed E-state index contributed by atoms with van der Waals surface area (Å²) in [5.41, 5.74) is 1.07. The molecule has 0 bridgehead atoms. The standard InChI is InChI=1S/C16H12F2N4O/c17-11-2-1-3-12(18)15(11)13-9-20-16(23)22(13)10-4-6-21-7-5-19-14(21)8-10/h1-8,13H,9H2,(H,20,23). The lowest BCUT2D eigenvalue weighted by atomic mass is 10.0. The van der Waals surface area contributed by atoms with Gasteiger partial charge in [0.05, 0.1) is 11.7 Å². The second-order valence-electron chi connectivity index (χ2n) is 5.28. The average molecular weight is 314 g/mol. The van der Waals surface area contributed by atoms with E-state index < -0.39 is 23.7 Å². The van der Waals surface area contributed by atoms with Crippen LogP contribution in [0.5, 0.6) is 0 Å². The molecule has 0 aliphatic carbocycles. The summed E-state index contributed by atoms with van der Waals surface area (Å²) in [5.74, 6) is -1.34. The van der Waals surface area contributed by atoms with E-state index in [2.05, 4.69) is 10.3 Å². The van der Waals surface area contributed by atoms with E-state index in [1.807, 2.05) is 0 Å². The first kappa shape index (κ1) is 13.7. The highest BCUT2D eigenvalue weighted by Gasteiger charge is 2.36. The number of carbonyl (C=O) groups excluding carboxylic acids is 1. The van der Waals surface area contributed by atoms with Gasteiger partial charge in [0.2, 0.25) is 0 Å². The van der Waals surface area contributed by atoms with Gasteiger partial charge in [0.1, 0.15) is 17.3 Å². The van der Waals surface area contributed by atoms with Crippen molar-refractivity contribution in [2.45, 2.75) is 6.04 Å². The van der Waals surface area contributed by atoms with Crippen LogP contribution in [-0.4, -0.2) is 22.0 Å². The number of halogens is 2. The van der Waals surface area contributed by atoms with Gasteiger partial charge < -0.3 is 9.72 Å². The highest BCUT2D eigenvalue weighted by Crippen LogP contribution is 2.33. The third-order valence-electron chi connectivity index (χ3n) is 3.97. The number of aromatic nitrogens is 2. The number of imidazole rings is 1. The Morgan fingerprint density at radius 1 is 1.17 bits per heavy atom. The van der Waals surface area contributed by atoms with Crippen LogP contribution in [0.3, 0.4) is 0 Å². The molecule has 23 heavy (non-hydrogen) atoms. The quantitative estimate of drug-likeness (QED) is 0.791. The highest BCUT2D eigenvalue weighted by molar-refractivity contribution is 5.95. The molecule has 3 aromatic rings. The molecule has 0 saturated carbocycles. The fourth-order valence-corrected chi connectivity index (χ4v) is 2.91. The van der Waals surface area contributed by atoms with Crippen molar-refractivity contribution in [1.29, 1.82) is 0 Å². The van der Waals surface area contributed by atoms with Gasteiger partial charge in [-0.3, -0.25) is 4.90 Å². The Bertz CT molecular complexity index is 888. The molecule has 116 valence electrons. The topological polar surface area (TPSA) is 49.6 Å². The van der Waals surface area contributed by atoms with Gasteiger partial charge in [0.15, 0.2) is 0 Å². The number of rotatable bonds is 2. The summed E-state index contributed by atoms with van der Waals surface area (Å²) in [6.45, 7) is 0.135. The van der Waals surface area contributed by atoms with E-state index in [4.69, 9.17) is 0 Å². The molecule has 2 aromatic heterocycles. The maximum atomic E-state index is 14.1. The first-order valence-corrected chi connectivity index (χ1v) is 7.09. The molecule has 5 nitrogen and oxygen atoms in total. The van der Waals surface area contributed by atoms with Gasteiger partial charge in [-0.15, -0.1) is 0 Å². The number of pyridine rings is 1. The smallest absolute Gasteiger partial charge is 0.322 e. The Morgan fingerprint density at radius 3 is 2.74 bits per heavy atom. The van der Waals surface area contributed by atoms with Gasteiger partial charge in [-0.2, -0.15) is 0 Å². The summed E-state index contributed by atoms with van der Waals surface area (Å²) in [4.78, 5) is 17.7. The van der Waals surface area contributed by atoms with Gasteiger partial charge >= 0.3 is 6.03 Å². The van der Waals surface area contributed by atoms with Crippen LogP contribution in [0.1, 0.15) is 11.6 Å². The molecule has 1 aromatic carbocycles. The van der Waals surface area contributed by atoms with E-state index in [-0.39, 0.29) is 12.1 Å². The molecule has 7 heteroatoms. The summed E-state index contributed by atoms with van der Waals surface area (Å²) in [6, 6.07) is 5.96. The predicted octanol–water partition coefficient (Wildman–Crippen LogP) is 2.88. The number of urea groups is 1. The van der Waals surface area contributed by atoms with E-state index in [1.54, 1.807) is 35.1 Å². The van der Waals surface area contributed by atoms with E-state index in [0.29, 0.717) is 11.3 Å². The van der Waals surface area contributed by atoms with Crippen LogP contribution in [0.4, 0.5) is 19.3 Å². The molecule has 1 unspecified atom stereocenters. The number of nitrogens with one attached hydrogen (secondary N) is 1. The Morgan fingerprint density at radius 2 is 1.96 bits per heavy atom. The lowest BCUT2D eigenvalue weighted by Crippen LogP contribution is -2.30. The minimum atomic E-state index is -0.749. The molecule has 1 aliphatic heterocycles. The zero-order chi connectivity index (χ0) is 16.0. The van der Waals surface area contributed by atoms with E-state index >= 15 is 0 Å². The number of anilines is 1. The molecule has 1 N–H and O–H groups in total. The monoisotopic (exact) mass is 314 g/mol. The van der Waals surface area contributed by atoms with Gasteiger partial charge in [0.25, 0.3) is 0 Å². The molecule has 0 spiro atoms. The summed E-state index contributed by atoms with van der Waals surface area (Å²) in [5, 5.41) is 2.64. The minimum Gasteiger partial charge on any atom is -0.335 e. The number of nitrogens with zero attached hydrogens (tertiary/aromatic N) is 3. The Hall–Kier alpha value is -2.96. The summed E-state index contributed by atoms with van der Waals surface area (Å²) in [6.07, 6.45) is 5.16. The van der Waals surface area contributed by atoms with Crippen LogP contribution < -0.4 is 10.2 Å². The van der Waals surface area contributed by atoms with Crippen LogP contribution >= 0.6 is 0 Å². The number of hydrogen-bond acceptors (Lipinski definition) is 2. The summed E-state index contributed by atoms with van der Waals surface area (Å²) < 4.78 is 30.0. The van der Waals surface area contributed by atoms with Gasteiger partial charge in [-0.05, 0) is 18.2 Å². The third kappa shape index (κ3) is 2.12. The van der Waals surface area contributed by atoms with Crippen molar-refractivity contribution in [2.24, 2.45) is 0 Å². The number of hydrogen-bond donors (Lipinski definition) is 1. The maximum Gasteiger partial charge on any atom is 0.322 e. The van der Waals surface area contributed by atoms with Gasteiger partial charge in [-0.25, -0.2) is 18.6 Å². The summed E-state index contributed by atoms with van der Waals surface area (Å²) in [7, 11) is 0. The average Bonchev–Trinajstić information content (AvgIpc) is 3.13. The van der Waals surface area contributed by atoms with Crippen LogP contribution in [0.25, 0.3) is 5.65 Å². The van der Waals surface area contributed by atoms with Crippen LogP contribution in [0.15, 0.2) is 48.9 Å². The zero-order valence-electron chi connectivity index (χ0n) is 11.9. The van der Waals surface area contributed by atoms with Crippen molar-refractivity contribution in [2.75, 3.05) is 11.4 Å². The Balaban J connectivity index is 1.82. The second kappa shape index (κ2) is 5.05. The van der Waals surface area contributed by atoms with Crippen LogP contribution in [0, 0.1) is 11.6 Å². The van der Waals surface area contributed by atoms with Crippen LogP contribution in [0.2, 0.25) is 0 Å². The number of fused-ring (bicyclic) bond motifs is 1. The Kier molecular flexibility index (Phi) is 3.00. The highest BCUT2D eigenvalue weighted by atomic mass is 19.1. The molecule has 3 heterocycles. The predicted molar refractivity (Wildman–Crippen MR) is 80.2 cm³/mol. The van der Waals surface area contributed by atoms with Crippen molar-refractivity contribution in [3.05, 3.63) is 66.1 Å². The molecule has 4 rings (SSSR count). The SMILES string of the molecule is O=C1NCC(c2c(F)cccc2F)N1c1ccn2ccnc2c1. The first-order chi connectivity index (χ1) is 11.1. The fraction of sp³-hybridized carbons (Fsp3) is 0.125. The molecule has 2 amide bonds. The van der Waals surface area contributed by atoms with Crippen molar-refractivity contribution >= 4 is 17.4 Å². The molecule has 0 radical (unpaired) electrons. The zero-order valence-corrected chi connectivity index (χ0v) is 11.9. The maximum absolute atomic E-state index is 14.1. The minimum absolute atomic E-state index is 0.117. The number of amides is 2. The Labute approximate surface area is 130 Å². The first-order valence-electron chi connectivity index (χ1n) is 7.09. The van der Waals surface area contributed by atoms with Crippen molar-refractivity contribution in [3.8, 4) is 0 Å². The van der Waals surface area contributed by atoms with E-state index in [0.717, 1.165) is 0 Å². The third-order valence-corrected chi connectivity index (χ3v) is 3.97. The van der Waals surface area contributed by atoms with Crippen molar-refractivity contribution in [3.63, 3.8) is 0 Å². The van der Waals surface area contributed by atoms with Gasteiger partial charge in [0, 0.05) is 36.8 Å².